The van der Waals surface area contributed by atoms with Crippen LogP contribution in [-0.2, 0) is 19.4 Å². The van der Waals surface area contributed by atoms with Crippen molar-refractivity contribution in [1.29, 1.82) is 0 Å². The molecule has 1 N–H and O–H groups in total. The summed E-state index contributed by atoms with van der Waals surface area (Å²) < 4.78 is 0.972. The largest absolute Gasteiger partial charge is 0.317 e. The van der Waals surface area contributed by atoms with Crippen molar-refractivity contribution in [1.82, 2.24) is 10.2 Å². The second-order valence-electron chi connectivity index (χ2n) is 7.23. The van der Waals surface area contributed by atoms with Gasteiger partial charge in [-0.1, -0.05) is 41.9 Å². The second-order valence-corrected chi connectivity index (χ2v) is 8.49. The van der Waals surface area contributed by atoms with Crippen LogP contribution in [0.1, 0.15) is 29.5 Å². The van der Waals surface area contributed by atoms with Crippen molar-refractivity contribution in [3.8, 4) is 0 Å². The lowest BCUT2D eigenvalue weighted by Crippen LogP contribution is -2.48. The predicted octanol–water partition coefficient (Wildman–Crippen LogP) is 4.82. The molecule has 4 rings (SSSR count). The Kier molecular flexibility index (Phi) is 5.47. The van der Waals surface area contributed by atoms with Crippen LogP contribution < -0.4 is 5.32 Å². The lowest BCUT2D eigenvalue weighted by atomic mass is 10.00. The Bertz CT molecular complexity index is 717. The topological polar surface area (TPSA) is 15.3 Å². The molecule has 1 saturated heterocycles. The van der Waals surface area contributed by atoms with E-state index in [0.717, 1.165) is 29.1 Å². The fourth-order valence-corrected chi connectivity index (χ4v) is 4.76. The highest BCUT2D eigenvalue weighted by Gasteiger charge is 2.32. The Morgan fingerprint density at radius 3 is 2.32 bits per heavy atom. The Morgan fingerprint density at radius 1 is 1.00 bits per heavy atom. The Balaban J connectivity index is 1.57. The lowest BCUT2D eigenvalue weighted by molar-refractivity contribution is 0.104. The maximum atomic E-state index is 6.34. The standard InChI is InChI=1S/C21H24BrClN2/c22-20-6-5-15(11-21(20)23)14-25(18-7-9-24-10-8-18)19-12-16-3-1-2-4-17(16)13-19/h1-6,11,18-19,24H,7-10,12-14H2. The molecule has 2 aliphatic rings. The van der Waals surface area contributed by atoms with E-state index in [-0.39, 0.29) is 0 Å². The van der Waals surface area contributed by atoms with E-state index in [1.807, 2.05) is 0 Å². The van der Waals surface area contributed by atoms with Crippen LogP contribution in [0.25, 0.3) is 0 Å². The second kappa shape index (κ2) is 7.79. The van der Waals surface area contributed by atoms with Crippen molar-refractivity contribution in [2.45, 2.75) is 44.3 Å². The van der Waals surface area contributed by atoms with Crippen molar-refractivity contribution in [3.05, 3.63) is 68.7 Å². The predicted molar refractivity (Wildman–Crippen MR) is 108 cm³/mol. The number of hydrogen-bond acceptors (Lipinski definition) is 2. The van der Waals surface area contributed by atoms with Gasteiger partial charge in [0.05, 0.1) is 5.02 Å². The molecule has 0 radical (unpaired) electrons. The molecule has 1 heterocycles. The summed E-state index contributed by atoms with van der Waals surface area (Å²) in [6, 6.07) is 16.6. The number of nitrogens with one attached hydrogen (secondary N) is 1. The third-order valence-corrected chi connectivity index (χ3v) is 6.86. The minimum atomic E-state index is 0.600. The molecule has 0 atom stereocenters. The quantitative estimate of drug-likeness (QED) is 0.764. The number of rotatable bonds is 4. The molecular formula is C21H24BrClN2. The zero-order valence-corrected chi connectivity index (χ0v) is 16.7. The van der Waals surface area contributed by atoms with Gasteiger partial charge >= 0.3 is 0 Å². The van der Waals surface area contributed by atoms with Gasteiger partial charge in [0, 0.05) is 23.1 Å². The zero-order valence-electron chi connectivity index (χ0n) is 14.3. The average molecular weight is 420 g/mol. The Morgan fingerprint density at radius 2 is 1.68 bits per heavy atom. The van der Waals surface area contributed by atoms with Crippen molar-refractivity contribution < 1.29 is 0 Å². The summed E-state index contributed by atoms with van der Waals surface area (Å²) in [4.78, 5) is 2.75. The van der Waals surface area contributed by atoms with Crippen LogP contribution in [0.3, 0.4) is 0 Å². The van der Waals surface area contributed by atoms with Crippen LogP contribution >= 0.6 is 27.5 Å². The minimum absolute atomic E-state index is 0.600. The molecule has 25 heavy (non-hydrogen) atoms. The summed E-state index contributed by atoms with van der Waals surface area (Å²) in [5, 5.41) is 4.31. The highest BCUT2D eigenvalue weighted by atomic mass is 79.9. The monoisotopic (exact) mass is 418 g/mol. The molecule has 1 aliphatic heterocycles. The molecule has 0 saturated carbocycles. The van der Waals surface area contributed by atoms with Crippen LogP contribution in [0.5, 0.6) is 0 Å². The normalized spacial score (nSPS) is 18.7. The van der Waals surface area contributed by atoms with E-state index in [1.54, 1.807) is 0 Å². The minimum Gasteiger partial charge on any atom is -0.317 e. The first-order chi connectivity index (χ1) is 12.2. The van der Waals surface area contributed by atoms with E-state index >= 15 is 0 Å². The van der Waals surface area contributed by atoms with E-state index < -0.39 is 0 Å². The van der Waals surface area contributed by atoms with E-state index in [2.05, 4.69) is 68.6 Å². The van der Waals surface area contributed by atoms with Crippen molar-refractivity contribution in [3.63, 3.8) is 0 Å². The molecule has 0 unspecified atom stereocenters. The molecule has 1 aliphatic carbocycles. The van der Waals surface area contributed by atoms with Crippen molar-refractivity contribution >= 4 is 27.5 Å². The third-order valence-electron chi connectivity index (χ3n) is 5.63. The molecule has 2 aromatic carbocycles. The number of benzene rings is 2. The van der Waals surface area contributed by atoms with E-state index in [0.29, 0.717) is 12.1 Å². The Hall–Kier alpha value is -0.870. The fourth-order valence-electron chi connectivity index (χ4n) is 4.31. The molecule has 4 heteroatoms. The summed E-state index contributed by atoms with van der Waals surface area (Å²) >= 11 is 9.84. The molecule has 0 spiro atoms. The van der Waals surface area contributed by atoms with E-state index in [4.69, 9.17) is 11.6 Å². The summed E-state index contributed by atoms with van der Waals surface area (Å²) in [6.07, 6.45) is 4.81. The van der Waals surface area contributed by atoms with Gasteiger partial charge in [0.1, 0.15) is 0 Å². The number of nitrogens with zero attached hydrogens (tertiary/aromatic N) is 1. The third kappa shape index (κ3) is 3.95. The zero-order chi connectivity index (χ0) is 17.2. The van der Waals surface area contributed by atoms with Gasteiger partial charge < -0.3 is 5.32 Å². The van der Waals surface area contributed by atoms with Gasteiger partial charge in [0.2, 0.25) is 0 Å². The lowest BCUT2D eigenvalue weighted by Gasteiger charge is -2.39. The van der Waals surface area contributed by atoms with Crippen molar-refractivity contribution in [2.24, 2.45) is 0 Å². The molecule has 1 fully saturated rings. The number of hydrogen-bond donors (Lipinski definition) is 1. The number of fused-ring (bicyclic) bond motifs is 1. The maximum Gasteiger partial charge on any atom is 0.0551 e. The average Bonchev–Trinajstić information content (AvgIpc) is 3.07. The van der Waals surface area contributed by atoms with Gasteiger partial charge in [-0.25, -0.2) is 0 Å². The van der Waals surface area contributed by atoms with Crippen LogP contribution in [0, 0.1) is 0 Å². The molecule has 132 valence electrons. The van der Waals surface area contributed by atoms with E-state index in [9.17, 15) is 0 Å². The molecule has 0 amide bonds. The smallest absolute Gasteiger partial charge is 0.0551 e. The van der Waals surface area contributed by atoms with E-state index in [1.165, 1.54) is 42.4 Å². The van der Waals surface area contributed by atoms with Crippen molar-refractivity contribution in [2.75, 3.05) is 13.1 Å². The summed E-state index contributed by atoms with van der Waals surface area (Å²) in [6.45, 7) is 3.24. The first-order valence-corrected chi connectivity index (χ1v) is 10.3. The van der Waals surface area contributed by atoms with Gasteiger partial charge in [-0.2, -0.15) is 0 Å². The summed E-state index contributed by atoms with van der Waals surface area (Å²) in [5.41, 5.74) is 4.36. The van der Waals surface area contributed by atoms with Crippen LogP contribution in [0.4, 0.5) is 0 Å². The highest BCUT2D eigenvalue weighted by molar-refractivity contribution is 9.10. The number of piperidine rings is 1. The van der Waals surface area contributed by atoms with Crippen LogP contribution in [0.15, 0.2) is 46.9 Å². The van der Waals surface area contributed by atoms with Gasteiger partial charge in [-0.3, -0.25) is 4.90 Å². The van der Waals surface area contributed by atoms with Crippen LogP contribution in [0.2, 0.25) is 5.02 Å². The Labute approximate surface area is 163 Å². The van der Waals surface area contributed by atoms with Gasteiger partial charge in [-0.15, -0.1) is 0 Å². The first-order valence-electron chi connectivity index (χ1n) is 9.18. The molecular weight excluding hydrogens is 396 g/mol. The SMILES string of the molecule is Clc1cc(CN(C2CCNCC2)C2Cc3ccccc3C2)ccc1Br. The molecule has 2 nitrogen and oxygen atoms in total. The molecule has 2 aromatic rings. The first kappa shape index (κ1) is 17.5. The van der Waals surface area contributed by atoms with Gasteiger partial charge in [-0.05, 0) is 83.5 Å². The van der Waals surface area contributed by atoms with Gasteiger partial charge in [0.15, 0.2) is 0 Å². The number of halogens is 2. The summed E-state index contributed by atoms with van der Waals surface area (Å²) in [7, 11) is 0. The maximum absolute atomic E-state index is 6.34. The molecule has 0 bridgehead atoms. The summed E-state index contributed by atoms with van der Waals surface area (Å²) in [5.74, 6) is 0. The van der Waals surface area contributed by atoms with Gasteiger partial charge in [0.25, 0.3) is 0 Å². The van der Waals surface area contributed by atoms with Crippen LogP contribution in [-0.4, -0.2) is 30.1 Å². The highest BCUT2D eigenvalue weighted by Crippen LogP contribution is 2.31. The fraction of sp³-hybridized carbons (Fsp3) is 0.429. The molecule has 0 aromatic heterocycles.